The highest BCUT2D eigenvalue weighted by atomic mass is 127. The molecule has 0 amide bonds. The average molecular weight is 561 g/mol. The van der Waals surface area contributed by atoms with Crippen LogP contribution in [0, 0.1) is 0 Å². The number of halogens is 3. The number of anilines is 1. The third-order valence-corrected chi connectivity index (χ3v) is 4.96. The molecule has 1 aromatic heterocycles. The minimum atomic E-state index is -2.87. The van der Waals surface area contributed by atoms with E-state index >= 15 is 0 Å². The van der Waals surface area contributed by atoms with Crippen molar-refractivity contribution in [1.29, 1.82) is 0 Å². The molecule has 1 saturated heterocycles. The molecule has 1 aromatic carbocycles. The number of aliphatic hydroxyl groups is 1. The Kier molecular flexibility index (Phi) is 10.9. The molecule has 0 bridgehead atoms. The number of guanidine groups is 1. The number of alkyl halides is 2. The van der Waals surface area contributed by atoms with Crippen molar-refractivity contribution in [2.75, 3.05) is 31.1 Å². The summed E-state index contributed by atoms with van der Waals surface area (Å²) >= 11 is 0. The smallest absolute Gasteiger partial charge is 0.387 e. The van der Waals surface area contributed by atoms with E-state index < -0.39 is 12.7 Å². The van der Waals surface area contributed by atoms with Crippen molar-refractivity contribution in [3.8, 4) is 5.75 Å². The summed E-state index contributed by atoms with van der Waals surface area (Å²) in [5, 5.41) is 16.7. The minimum Gasteiger partial charge on any atom is -0.435 e. The number of pyridine rings is 1. The normalized spacial score (nSPS) is 14.8. The van der Waals surface area contributed by atoms with E-state index in [1.807, 2.05) is 19.2 Å². The molecule has 32 heavy (non-hydrogen) atoms. The van der Waals surface area contributed by atoms with Crippen LogP contribution in [-0.4, -0.2) is 48.8 Å². The zero-order valence-corrected chi connectivity index (χ0v) is 20.3. The van der Waals surface area contributed by atoms with E-state index in [1.54, 1.807) is 12.1 Å². The van der Waals surface area contributed by atoms with Crippen LogP contribution in [0.5, 0.6) is 5.75 Å². The Labute approximate surface area is 204 Å². The molecule has 0 saturated carbocycles. The molecule has 1 unspecified atom stereocenters. The predicted octanol–water partition coefficient (Wildman–Crippen LogP) is 3.69. The topological polar surface area (TPSA) is 82.0 Å². The second-order valence-electron chi connectivity index (χ2n) is 7.26. The first kappa shape index (κ1) is 26.0. The third-order valence-electron chi connectivity index (χ3n) is 4.96. The third kappa shape index (κ3) is 8.05. The first-order valence-electron chi connectivity index (χ1n) is 10.5. The van der Waals surface area contributed by atoms with E-state index in [-0.39, 0.29) is 36.3 Å². The van der Waals surface area contributed by atoms with Crippen LogP contribution in [-0.2, 0) is 6.54 Å². The van der Waals surface area contributed by atoms with Gasteiger partial charge in [-0.05, 0) is 55.2 Å². The maximum atomic E-state index is 12.3. The van der Waals surface area contributed by atoms with Gasteiger partial charge in [-0.25, -0.2) is 9.98 Å². The molecular formula is C22H30F2IN5O2. The standard InChI is InChI=1S/C22H29F2N5O2.HI/c1-2-25-22(27-14-16-9-10-26-20(13-16)29-11-3-4-12-29)28-15-19(30)17-5-7-18(8-6-17)31-21(23)24;/h5-10,13,19,21,30H,2-4,11-12,14-15H2,1H3,(H2,25,27,28);1H. The van der Waals surface area contributed by atoms with Gasteiger partial charge in [0, 0.05) is 32.4 Å². The number of ether oxygens (including phenoxy) is 1. The van der Waals surface area contributed by atoms with Gasteiger partial charge in [0.1, 0.15) is 11.6 Å². The van der Waals surface area contributed by atoms with E-state index in [2.05, 4.69) is 36.3 Å². The van der Waals surface area contributed by atoms with E-state index in [1.165, 1.54) is 25.0 Å². The van der Waals surface area contributed by atoms with Crippen LogP contribution in [0.15, 0.2) is 47.6 Å². The predicted molar refractivity (Wildman–Crippen MR) is 132 cm³/mol. The van der Waals surface area contributed by atoms with Crippen LogP contribution in [0.1, 0.15) is 37.0 Å². The maximum absolute atomic E-state index is 12.3. The molecule has 2 aromatic rings. The summed E-state index contributed by atoms with van der Waals surface area (Å²) in [5.74, 6) is 1.62. The van der Waals surface area contributed by atoms with Gasteiger partial charge in [0.15, 0.2) is 5.96 Å². The summed E-state index contributed by atoms with van der Waals surface area (Å²) in [6, 6.07) is 9.95. The zero-order chi connectivity index (χ0) is 22.1. The fourth-order valence-corrected chi connectivity index (χ4v) is 3.37. The monoisotopic (exact) mass is 561 g/mol. The van der Waals surface area contributed by atoms with Gasteiger partial charge in [0.05, 0.1) is 12.6 Å². The zero-order valence-electron chi connectivity index (χ0n) is 18.0. The Morgan fingerprint density at radius 1 is 1.19 bits per heavy atom. The Hall–Kier alpha value is -2.21. The molecule has 176 valence electrons. The van der Waals surface area contributed by atoms with Gasteiger partial charge in [-0.1, -0.05) is 12.1 Å². The summed E-state index contributed by atoms with van der Waals surface area (Å²) in [6.07, 6.45) is 3.38. The van der Waals surface area contributed by atoms with Gasteiger partial charge in [0.25, 0.3) is 0 Å². The van der Waals surface area contributed by atoms with Gasteiger partial charge in [-0.3, -0.25) is 0 Å². The molecule has 3 rings (SSSR count). The second-order valence-corrected chi connectivity index (χ2v) is 7.26. The summed E-state index contributed by atoms with van der Waals surface area (Å²) in [7, 11) is 0. The van der Waals surface area contributed by atoms with Crippen molar-refractivity contribution in [2.24, 2.45) is 4.99 Å². The lowest BCUT2D eigenvalue weighted by atomic mass is 10.1. The molecule has 1 aliphatic heterocycles. The lowest BCUT2D eigenvalue weighted by Gasteiger charge is -2.17. The van der Waals surface area contributed by atoms with Gasteiger partial charge in [-0.2, -0.15) is 8.78 Å². The van der Waals surface area contributed by atoms with E-state index in [0.29, 0.717) is 24.6 Å². The molecule has 3 N–H and O–H groups in total. The van der Waals surface area contributed by atoms with Crippen LogP contribution in [0.3, 0.4) is 0 Å². The van der Waals surface area contributed by atoms with E-state index in [9.17, 15) is 13.9 Å². The fraction of sp³-hybridized carbons (Fsp3) is 0.455. The molecule has 0 aliphatic carbocycles. The lowest BCUT2D eigenvalue weighted by molar-refractivity contribution is -0.0498. The average Bonchev–Trinajstić information content (AvgIpc) is 3.31. The van der Waals surface area contributed by atoms with E-state index in [0.717, 1.165) is 24.5 Å². The van der Waals surface area contributed by atoms with Crippen molar-refractivity contribution in [3.05, 3.63) is 53.7 Å². The van der Waals surface area contributed by atoms with E-state index in [4.69, 9.17) is 0 Å². The Bertz CT molecular complexity index is 848. The highest BCUT2D eigenvalue weighted by Crippen LogP contribution is 2.20. The fourth-order valence-electron chi connectivity index (χ4n) is 3.37. The van der Waals surface area contributed by atoms with Crippen molar-refractivity contribution < 1.29 is 18.6 Å². The van der Waals surface area contributed by atoms with Crippen molar-refractivity contribution in [2.45, 2.75) is 39.0 Å². The number of hydrogen-bond acceptors (Lipinski definition) is 5. The van der Waals surface area contributed by atoms with Gasteiger partial charge in [0.2, 0.25) is 0 Å². The molecule has 10 heteroatoms. The number of aliphatic imine (C=N–C) groups is 1. The molecule has 0 radical (unpaired) electrons. The number of aromatic nitrogens is 1. The number of hydrogen-bond donors (Lipinski definition) is 3. The number of nitrogens with one attached hydrogen (secondary N) is 2. The van der Waals surface area contributed by atoms with Crippen LogP contribution < -0.4 is 20.3 Å². The SMILES string of the molecule is CCNC(=NCc1ccnc(N2CCCC2)c1)NCC(O)c1ccc(OC(F)F)cc1.I. The Balaban J connectivity index is 0.00000363. The van der Waals surface area contributed by atoms with Gasteiger partial charge < -0.3 is 25.4 Å². The summed E-state index contributed by atoms with van der Waals surface area (Å²) in [4.78, 5) is 11.3. The molecule has 7 nitrogen and oxygen atoms in total. The van der Waals surface area contributed by atoms with Crippen LogP contribution in [0.25, 0.3) is 0 Å². The van der Waals surface area contributed by atoms with Crippen molar-refractivity contribution >= 4 is 35.8 Å². The minimum absolute atomic E-state index is 0. The van der Waals surface area contributed by atoms with Gasteiger partial charge >= 0.3 is 6.61 Å². The number of benzene rings is 1. The summed E-state index contributed by atoms with van der Waals surface area (Å²) in [6.45, 7) is 2.55. The first-order chi connectivity index (χ1) is 15.0. The first-order valence-corrected chi connectivity index (χ1v) is 10.5. The molecular weight excluding hydrogens is 531 g/mol. The van der Waals surface area contributed by atoms with Crippen LogP contribution >= 0.6 is 24.0 Å². The highest BCUT2D eigenvalue weighted by molar-refractivity contribution is 14.0. The quantitative estimate of drug-likeness (QED) is 0.246. The highest BCUT2D eigenvalue weighted by Gasteiger charge is 2.14. The summed E-state index contributed by atoms with van der Waals surface area (Å²) in [5.41, 5.74) is 1.65. The second kappa shape index (κ2) is 13.4. The molecule has 1 atom stereocenters. The van der Waals surface area contributed by atoms with Crippen LogP contribution in [0.4, 0.5) is 14.6 Å². The molecule has 0 spiro atoms. The number of rotatable bonds is 9. The number of nitrogens with zero attached hydrogens (tertiary/aromatic N) is 3. The molecule has 2 heterocycles. The van der Waals surface area contributed by atoms with Crippen LogP contribution in [0.2, 0.25) is 0 Å². The molecule has 1 aliphatic rings. The Morgan fingerprint density at radius 2 is 1.91 bits per heavy atom. The Morgan fingerprint density at radius 3 is 2.56 bits per heavy atom. The molecule has 1 fully saturated rings. The lowest BCUT2D eigenvalue weighted by Crippen LogP contribution is -2.39. The summed E-state index contributed by atoms with van der Waals surface area (Å²) < 4.78 is 28.8. The number of aliphatic hydroxyl groups excluding tert-OH is 1. The van der Waals surface area contributed by atoms with Crippen molar-refractivity contribution in [1.82, 2.24) is 15.6 Å². The maximum Gasteiger partial charge on any atom is 0.387 e. The van der Waals surface area contributed by atoms with Crippen molar-refractivity contribution in [3.63, 3.8) is 0 Å². The van der Waals surface area contributed by atoms with Gasteiger partial charge in [-0.15, -0.1) is 24.0 Å². The largest absolute Gasteiger partial charge is 0.435 e.